The summed E-state index contributed by atoms with van der Waals surface area (Å²) in [6.45, 7) is 0. The molecule has 0 fully saturated rings. The maximum atomic E-state index is 5.86. The summed E-state index contributed by atoms with van der Waals surface area (Å²) in [5.74, 6) is 0. The zero-order chi connectivity index (χ0) is 11.7. The van der Waals surface area contributed by atoms with Gasteiger partial charge in [-0.3, -0.25) is 4.98 Å². The predicted octanol–water partition coefficient (Wildman–Crippen LogP) is 3.42. The molecule has 0 saturated heterocycles. The molecule has 0 bridgehead atoms. The third-order valence-corrected chi connectivity index (χ3v) is 4.47. The minimum atomic E-state index is 0.691. The highest BCUT2D eigenvalue weighted by molar-refractivity contribution is 8.01. The lowest BCUT2D eigenvalue weighted by Crippen LogP contribution is -1.88. The van der Waals surface area contributed by atoms with Crippen molar-refractivity contribution in [1.82, 2.24) is 9.97 Å². The van der Waals surface area contributed by atoms with Gasteiger partial charge >= 0.3 is 0 Å². The molecule has 84 valence electrons. The molecule has 2 aromatic heterocycles. The van der Waals surface area contributed by atoms with Crippen molar-refractivity contribution in [3.63, 3.8) is 0 Å². The van der Waals surface area contributed by atoms with Gasteiger partial charge in [-0.05, 0) is 18.2 Å². The van der Waals surface area contributed by atoms with Crippen LogP contribution in [0, 0.1) is 0 Å². The van der Waals surface area contributed by atoms with E-state index in [4.69, 9.17) is 5.73 Å². The van der Waals surface area contributed by atoms with Gasteiger partial charge in [0.15, 0.2) is 4.34 Å². The molecule has 0 radical (unpaired) electrons. The van der Waals surface area contributed by atoms with Crippen molar-refractivity contribution in [1.29, 1.82) is 0 Å². The normalized spacial score (nSPS) is 10.8. The summed E-state index contributed by atoms with van der Waals surface area (Å²) in [6, 6.07) is 10.0. The number of rotatable bonds is 2. The van der Waals surface area contributed by atoms with E-state index in [1.54, 1.807) is 35.5 Å². The number of nitrogen functional groups attached to an aromatic ring is 1. The molecule has 0 unspecified atom stereocenters. The first kappa shape index (κ1) is 10.6. The lowest BCUT2D eigenvalue weighted by molar-refractivity contribution is 1.25. The van der Waals surface area contributed by atoms with Crippen LogP contribution in [-0.2, 0) is 0 Å². The van der Waals surface area contributed by atoms with Crippen molar-refractivity contribution in [2.24, 2.45) is 0 Å². The third-order valence-electron chi connectivity index (χ3n) is 2.28. The van der Waals surface area contributed by atoms with Crippen LogP contribution in [0.2, 0.25) is 0 Å². The van der Waals surface area contributed by atoms with Crippen molar-refractivity contribution in [2.45, 2.75) is 9.24 Å². The van der Waals surface area contributed by atoms with Crippen molar-refractivity contribution in [2.75, 3.05) is 5.73 Å². The largest absolute Gasteiger partial charge is 0.397 e. The molecule has 1 aromatic carbocycles. The van der Waals surface area contributed by atoms with Crippen LogP contribution in [0.4, 0.5) is 5.69 Å². The molecule has 3 aromatic rings. The van der Waals surface area contributed by atoms with Crippen LogP contribution in [0.25, 0.3) is 10.2 Å². The Balaban J connectivity index is 1.98. The Morgan fingerprint density at radius 2 is 2.06 bits per heavy atom. The fourth-order valence-corrected chi connectivity index (χ4v) is 3.51. The fraction of sp³-hybridized carbons (Fsp3) is 0. The average molecular weight is 259 g/mol. The minimum Gasteiger partial charge on any atom is -0.397 e. The second-order valence-corrected chi connectivity index (χ2v) is 5.78. The molecule has 0 aliphatic carbocycles. The summed E-state index contributed by atoms with van der Waals surface area (Å²) < 4.78 is 2.20. The van der Waals surface area contributed by atoms with Crippen molar-refractivity contribution in [3.05, 3.63) is 42.7 Å². The number of aromatic nitrogens is 2. The minimum absolute atomic E-state index is 0.691. The number of pyridine rings is 1. The average Bonchev–Trinajstić information content (AvgIpc) is 2.74. The molecule has 0 spiro atoms. The molecule has 2 N–H and O–H groups in total. The first-order valence-corrected chi connectivity index (χ1v) is 6.69. The first-order chi connectivity index (χ1) is 8.33. The number of para-hydroxylation sites is 1. The standard InChI is InChI=1S/C12H9N3S2/c13-8-7-14-6-5-10(8)16-12-15-9-3-1-2-4-11(9)17-12/h1-7H,13H2. The van der Waals surface area contributed by atoms with Gasteiger partial charge in [-0.15, -0.1) is 11.3 Å². The van der Waals surface area contributed by atoms with E-state index in [0.717, 1.165) is 14.8 Å². The Labute approximate surface area is 107 Å². The second-order valence-electron chi connectivity index (χ2n) is 3.46. The molecule has 2 heterocycles. The molecule has 5 heteroatoms. The third kappa shape index (κ3) is 2.11. The van der Waals surface area contributed by atoms with Crippen molar-refractivity contribution < 1.29 is 0 Å². The SMILES string of the molecule is Nc1cnccc1Sc1nc2ccccc2s1. The van der Waals surface area contributed by atoms with E-state index >= 15 is 0 Å². The fourth-order valence-electron chi connectivity index (χ4n) is 1.48. The highest BCUT2D eigenvalue weighted by Crippen LogP contribution is 2.36. The highest BCUT2D eigenvalue weighted by atomic mass is 32.2. The van der Waals surface area contributed by atoms with Crippen LogP contribution in [0.5, 0.6) is 0 Å². The molecular formula is C12H9N3S2. The van der Waals surface area contributed by atoms with E-state index in [9.17, 15) is 0 Å². The van der Waals surface area contributed by atoms with Crippen molar-refractivity contribution in [3.8, 4) is 0 Å². The number of benzene rings is 1. The summed E-state index contributed by atoms with van der Waals surface area (Å²) >= 11 is 3.26. The van der Waals surface area contributed by atoms with Gasteiger partial charge in [-0.25, -0.2) is 4.98 Å². The van der Waals surface area contributed by atoms with Crippen LogP contribution in [-0.4, -0.2) is 9.97 Å². The van der Waals surface area contributed by atoms with Gasteiger partial charge in [0.2, 0.25) is 0 Å². The predicted molar refractivity (Wildman–Crippen MR) is 72.4 cm³/mol. The zero-order valence-corrected chi connectivity index (χ0v) is 10.5. The Bertz CT molecular complexity index is 630. The number of hydrogen-bond acceptors (Lipinski definition) is 5. The number of hydrogen-bond donors (Lipinski definition) is 1. The summed E-state index contributed by atoms with van der Waals surface area (Å²) in [5, 5.41) is 0. The van der Waals surface area contributed by atoms with Gasteiger partial charge < -0.3 is 5.73 Å². The number of fused-ring (bicyclic) bond motifs is 1. The second kappa shape index (κ2) is 4.35. The number of nitrogens with two attached hydrogens (primary N) is 1. The molecule has 0 aliphatic heterocycles. The van der Waals surface area contributed by atoms with E-state index in [0.29, 0.717) is 5.69 Å². The quantitative estimate of drug-likeness (QED) is 0.766. The maximum absolute atomic E-state index is 5.86. The Morgan fingerprint density at radius 3 is 2.88 bits per heavy atom. The van der Waals surface area contributed by atoms with Crippen LogP contribution in [0.1, 0.15) is 0 Å². The molecule has 0 atom stereocenters. The smallest absolute Gasteiger partial charge is 0.155 e. The lowest BCUT2D eigenvalue weighted by Gasteiger charge is -2.00. The van der Waals surface area contributed by atoms with Crippen LogP contribution < -0.4 is 5.73 Å². The topological polar surface area (TPSA) is 51.8 Å². The molecule has 0 aliphatic rings. The van der Waals surface area contributed by atoms with E-state index in [-0.39, 0.29) is 0 Å². The van der Waals surface area contributed by atoms with E-state index in [1.807, 2.05) is 24.3 Å². The van der Waals surface area contributed by atoms with Gasteiger partial charge in [0.1, 0.15) is 0 Å². The Hall–Kier alpha value is -1.59. The van der Waals surface area contributed by atoms with Crippen LogP contribution >= 0.6 is 23.1 Å². The molecule has 0 saturated carbocycles. The van der Waals surface area contributed by atoms with Crippen LogP contribution in [0.3, 0.4) is 0 Å². The maximum Gasteiger partial charge on any atom is 0.155 e. The summed E-state index contributed by atoms with van der Waals surface area (Å²) in [5.41, 5.74) is 7.58. The van der Waals surface area contributed by atoms with Crippen molar-refractivity contribution >= 4 is 39.0 Å². The summed E-state index contributed by atoms with van der Waals surface area (Å²) in [4.78, 5) is 9.53. The molecular weight excluding hydrogens is 250 g/mol. The van der Waals surface area contributed by atoms with Gasteiger partial charge in [-0.2, -0.15) is 0 Å². The Kier molecular flexibility index (Phi) is 2.70. The first-order valence-electron chi connectivity index (χ1n) is 5.06. The van der Waals surface area contributed by atoms with E-state index in [2.05, 4.69) is 16.0 Å². The van der Waals surface area contributed by atoms with Crippen LogP contribution in [0.15, 0.2) is 52.0 Å². The molecule has 3 rings (SSSR count). The monoisotopic (exact) mass is 259 g/mol. The highest BCUT2D eigenvalue weighted by Gasteiger charge is 2.06. The number of thiazole rings is 1. The van der Waals surface area contributed by atoms with Gasteiger partial charge in [0.05, 0.1) is 22.1 Å². The van der Waals surface area contributed by atoms with Gasteiger partial charge in [0, 0.05) is 11.1 Å². The zero-order valence-electron chi connectivity index (χ0n) is 8.83. The number of nitrogens with zero attached hydrogens (tertiary/aromatic N) is 2. The molecule has 0 amide bonds. The van der Waals surface area contributed by atoms with E-state index < -0.39 is 0 Å². The molecule has 17 heavy (non-hydrogen) atoms. The molecule has 3 nitrogen and oxygen atoms in total. The number of anilines is 1. The summed E-state index contributed by atoms with van der Waals surface area (Å²) in [6.07, 6.45) is 3.40. The lowest BCUT2D eigenvalue weighted by atomic mass is 10.3. The summed E-state index contributed by atoms with van der Waals surface area (Å²) in [7, 11) is 0. The van der Waals surface area contributed by atoms with Gasteiger partial charge in [-0.1, -0.05) is 23.9 Å². The van der Waals surface area contributed by atoms with Gasteiger partial charge in [0.25, 0.3) is 0 Å². The Morgan fingerprint density at radius 1 is 1.18 bits per heavy atom. The van der Waals surface area contributed by atoms with E-state index in [1.165, 1.54) is 4.70 Å².